The smallest absolute Gasteiger partial charge is 0.240 e. The van der Waals surface area contributed by atoms with Crippen molar-refractivity contribution in [1.29, 1.82) is 0 Å². The molecule has 4 aromatic rings. The first-order chi connectivity index (χ1) is 14.2. The van der Waals surface area contributed by atoms with Crippen LogP contribution in [0.2, 0.25) is 0 Å². The molecule has 0 fully saturated rings. The van der Waals surface area contributed by atoms with Gasteiger partial charge in [-0.25, -0.2) is 4.98 Å². The van der Waals surface area contributed by atoms with Crippen molar-refractivity contribution >= 4 is 33.7 Å². The summed E-state index contributed by atoms with van der Waals surface area (Å²) in [6, 6.07) is 22.0. The monoisotopic (exact) mass is 388 g/mol. The minimum absolute atomic E-state index is 0.00556. The molecule has 1 atom stereocenters. The van der Waals surface area contributed by atoms with Crippen molar-refractivity contribution in [3.05, 3.63) is 72.3 Å². The molecule has 0 radical (unpaired) electrons. The maximum absolute atomic E-state index is 12.8. The van der Waals surface area contributed by atoms with Gasteiger partial charge in [0.05, 0.1) is 23.7 Å². The lowest BCUT2D eigenvalue weighted by molar-refractivity contribution is -0.122. The largest absolute Gasteiger partial charge is 0.395 e. The summed E-state index contributed by atoms with van der Waals surface area (Å²) in [5, 5.41) is 17.6. The number of fused-ring (bicyclic) bond motifs is 2. The Morgan fingerprint density at radius 1 is 1.07 bits per heavy atom. The van der Waals surface area contributed by atoms with Crippen molar-refractivity contribution < 1.29 is 9.90 Å². The molecule has 3 N–H and O–H groups in total. The second-order valence-electron chi connectivity index (χ2n) is 7.06. The van der Waals surface area contributed by atoms with E-state index in [1.165, 1.54) is 5.39 Å². The fraction of sp³-hybridized carbons (Fsp3) is 0.217. The molecule has 1 amide bonds. The molecule has 0 saturated carbocycles. The number of carbonyl (C=O) groups excluding carboxylic acids is 1. The molecule has 148 valence electrons. The fourth-order valence-electron chi connectivity index (χ4n) is 3.53. The van der Waals surface area contributed by atoms with Crippen LogP contribution in [0.5, 0.6) is 0 Å². The lowest BCUT2D eigenvalue weighted by Crippen LogP contribution is -2.30. The molecule has 6 nitrogen and oxygen atoms in total. The zero-order valence-corrected chi connectivity index (χ0v) is 16.3. The van der Waals surface area contributed by atoms with Gasteiger partial charge < -0.3 is 20.3 Å². The number of para-hydroxylation sites is 2. The molecule has 4 rings (SSSR count). The summed E-state index contributed by atoms with van der Waals surface area (Å²) < 4.78 is 1.84. The normalized spacial score (nSPS) is 12.2. The van der Waals surface area contributed by atoms with Gasteiger partial charge in [-0.3, -0.25) is 4.79 Å². The summed E-state index contributed by atoms with van der Waals surface area (Å²) in [7, 11) is 0. The highest BCUT2D eigenvalue weighted by Gasteiger charge is 2.15. The minimum atomic E-state index is -0.115. The van der Waals surface area contributed by atoms with E-state index < -0.39 is 0 Å². The number of nitrogens with one attached hydrogen (secondary N) is 2. The molecule has 0 aliphatic carbocycles. The van der Waals surface area contributed by atoms with Crippen LogP contribution in [0.15, 0.2) is 66.7 Å². The van der Waals surface area contributed by atoms with E-state index >= 15 is 0 Å². The first-order valence-corrected chi connectivity index (χ1v) is 9.74. The number of benzene rings is 3. The Morgan fingerprint density at radius 3 is 2.66 bits per heavy atom. The van der Waals surface area contributed by atoms with E-state index in [1.54, 1.807) is 0 Å². The van der Waals surface area contributed by atoms with E-state index in [4.69, 9.17) is 5.11 Å². The van der Waals surface area contributed by atoms with Crippen LogP contribution in [-0.2, 0) is 11.3 Å². The minimum Gasteiger partial charge on any atom is -0.395 e. The van der Waals surface area contributed by atoms with Gasteiger partial charge in [0, 0.05) is 6.54 Å². The third-order valence-electron chi connectivity index (χ3n) is 5.00. The molecular weight excluding hydrogens is 364 g/mol. The molecule has 1 heterocycles. The van der Waals surface area contributed by atoms with Gasteiger partial charge >= 0.3 is 0 Å². The molecule has 0 aliphatic rings. The maximum Gasteiger partial charge on any atom is 0.240 e. The summed E-state index contributed by atoms with van der Waals surface area (Å²) in [5.41, 5.74) is 2.75. The van der Waals surface area contributed by atoms with Gasteiger partial charge in [0.25, 0.3) is 0 Å². The highest BCUT2D eigenvalue weighted by atomic mass is 16.3. The molecule has 1 aromatic heterocycles. The van der Waals surface area contributed by atoms with Gasteiger partial charge in [0.15, 0.2) is 0 Å². The number of aromatic nitrogens is 2. The highest BCUT2D eigenvalue weighted by Crippen LogP contribution is 2.22. The molecule has 3 aromatic carbocycles. The van der Waals surface area contributed by atoms with Crippen molar-refractivity contribution in [1.82, 2.24) is 14.9 Å². The van der Waals surface area contributed by atoms with E-state index in [1.807, 2.05) is 54.0 Å². The van der Waals surface area contributed by atoms with Crippen molar-refractivity contribution in [2.45, 2.75) is 19.5 Å². The van der Waals surface area contributed by atoms with Crippen LogP contribution in [0.4, 0.5) is 5.95 Å². The Morgan fingerprint density at radius 2 is 1.83 bits per heavy atom. The molecule has 0 bridgehead atoms. The SMILES string of the molecule is C[C@@H](NC(=O)Cn1c(NCCO)nc2ccccc21)c1ccc2ccccc2c1. The summed E-state index contributed by atoms with van der Waals surface area (Å²) in [6.45, 7) is 2.50. The van der Waals surface area contributed by atoms with E-state index in [0.717, 1.165) is 22.0 Å². The zero-order chi connectivity index (χ0) is 20.2. The van der Waals surface area contributed by atoms with Crippen LogP contribution in [0.1, 0.15) is 18.5 Å². The molecule has 29 heavy (non-hydrogen) atoms. The van der Waals surface area contributed by atoms with Crippen LogP contribution >= 0.6 is 0 Å². The molecule has 0 aliphatic heterocycles. The number of rotatable bonds is 7. The van der Waals surface area contributed by atoms with E-state index in [9.17, 15) is 4.79 Å². The van der Waals surface area contributed by atoms with E-state index in [-0.39, 0.29) is 25.1 Å². The second-order valence-corrected chi connectivity index (χ2v) is 7.06. The molecule has 0 spiro atoms. The van der Waals surface area contributed by atoms with Crippen molar-refractivity contribution in [3.63, 3.8) is 0 Å². The Bertz CT molecular complexity index is 1150. The standard InChI is InChI=1S/C23H24N4O2/c1-16(18-11-10-17-6-2-3-7-19(17)14-18)25-22(29)15-27-21-9-5-4-8-20(21)26-23(27)24-12-13-28/h2-11,14,16,28H,12-13,15H2,1H3,(H,24,26)(H,25,29)/t16-/m1/s1. The summed E-state index contributed by atoms with van der Waals surface area (Å²) in [4.78, 5) is 17.3. The second kappa shape index (κ2) is 8.32. The Balaban J connectivity index is 1.52. The first kappa shape index (κ1) is 19.0. The van der Waals surface area contributed by atoms with Gasteiger partial charge in [0.2, 0.25) is 11.9 Å². The molecule has 0 saturated heterocycles. The number of hydrogen-bond acceptors (Lipinski definition) is 4. The number of aliphatic hydroxyl groups excluding tert-OH is 1. The lowest BCUT2D eigenvalue weighted by atomic mass is 10.0. The fourth-order valence-corrected chi connectivity index (χ4v) is 3.53. The quantitative estimate of drug-likeness (QED) is 0.453. The predicted octanol–water partition coefficient (Wildman–Crippen LogP) is 3.47. The highest BCUT2D eigenvalue weighted by molar-refractivity contribution is 5.85. The van der Waals surface area contributed by atoms with Gasteiger partial charge in [-0.05, 0) is 41.5 Å². The average molecular weight is 388 g/mol. The first-order valence-electron chi connectivity index (χ1n) is 9.74. The van der Waals surface area contributed by atoms with Crippen LogP contribution in [0.25, 0.3) is 21.8 Å². The van der Waals surface area contributed by atoms with E-state index in [2.05, 4.69) is 39.9 Å². The Hall–Kier alpha value is -3.38. The molecule has 6 heteroatoms. The number of carbonyl (C=O) groups is 1. The summed E-state index contributed by atoms with van der Waals surface area (Å²) in [5.74, 6) is 0.481. The predicted molar refractivity (Wildman–Crippen MR) is 116 cm³/mol. The van der Waals surface area contributed by atoms with Crippen molar-refractivity contribution in [2.24, 2.45) is 0 Å². The number of aliphatic hydroxyl groups is 1. The molecule has 0 unspecified atom stereocenters. The zero-order valence-electron chi connectivity index (χ0n) is 16.3. The number of imidazole rings is 1. The van der Waals surface area contributed by atoms with Crippen LogP contribution in [0, 0.1) is 0 Å². The third-order valence-corrected chi connectivity index (χ3v) is 5.00. The number of anilines is 1. The third kappa shape index (κ3) is 4.07. The van der Waals surface area contributed by atoms with Gasteiger partial charge in [-0.2, -0.15) is 0 Å². The topological polar surface area (TPSA) is 79.2 Å². The van der Waals surface area contributed by atoms with Crippen LogP contribution in [-0.4, -0.2) is 33.7 Å². The number of nitrogens with zero attached hydrogens (tertiary/aromatic N) is 2. The summed E-state index contributed by atoms with van der Waals surface area (Å²) in [6.07, 6.45) is 0. The molecular formula is C23H24N4O2. The Kier molecular flexibility index (Phi) is 5.44. The maximum atomic E-state index is 12.8. The van der Waals surface area contributed by atoms with Crippen molar-refractivity contribution in [3.8, 4) is 0 Å². The number of hydrogen-bond donors (Lipinski definition) is 3. The lowest BCUT2D eigenvalue weighted by Gasteiger charge is -2.16. The van der Waals surface area contributed by atoms with Crippen LogP contribution in [0.3, 0.4) is 0 Å². The number of amides is 1. The van der Waals surface area contributed by atoms with Gasteiger partial charge in [-0.1, -0.05) is 48.5 Å². The van der Waals surface area contributed by atoms with Crippen LogP contribution < -0.4 is 10.6 Å². The average Bonchev–Trinajstić information content (AvgIpc) is 3.09. The van der Waals surface area contributed by atoms with Crippen molar-refractivity contribution in [2.75, 3.05) is 18.5 Å². The summed E-state index contributed by atoms with van der Waals surface area (Å²) >= 11 is 0. The van der Waals surface area contributed by atoms with Gasteiger partial charge in [0.1, 0.15) is 6.54 Å². The van der Waals surface area contributed by atoms with Gasteiger partial charge in [-0.15, -0.1) is 0 Å². The Labute approximate surface area is 169 Å². The van der Waals surface area contributed by atoms with E-state index in [0.29, 0.717) is 12.5 Å².